The normalized spacial score (nSPS) is 20.2. The lowest BCUT2D eigenvalue weighted by Crippen LogP contribution is -2.45. The summed E-state index contributed by atoms with van der Waals surface area (Å²) in [5, 5.41) is 8.79. The maximum atomic E-state index is 10.7. The maximum Gasteiger partial charge on any atom is 0.335 e. The van der Waals surface area contributed by atoms with Gasteiger partial charge in [-0.05, 0) is 31.2 Å². The van der Waals surface area contributed by atoms with Crippen molar-refractivity contribution < 1.29 is 19.4 Å². The summed E-state index contributed by atoms with van der Waals surface area (Å²) in [5.41, 5.74) is 0.272. The van der Waals surface area contributed by atoms with Crippen LogP contribution in [0.4, 0.5) is 0 Å². The minimum absolute atomic E-state index is 0.272. The van der Waals surface area contributed by atoms with Gasteiger partial charge in [-0.15, -0.1) is 0 Å². The first-order valence-corrected chi connectivity index (χ1v) is 6.45. The Morgan fingerprint density at radius 1 is 1.47 bits per heavy atom. The minimum atomic E-state index is -0.923. The number of carbonyl (C=O) groups is 1. The fourth-order valence-electron chi connectivity index (χ4n) is 2.07. The number of ether oxygens (including phenoxy) is 2. The highest BCUT2D eigenvalue weighted by molar-refractivity contribution is 5.87. The first-order chi connectivity index (χ1) is 9.16. The van der Waals surface area contributed by atoms with Crippen LogP contribution < -0.4 is 4.74 Å². The molecule has 1 aromatic carbocycles. The lowest BCUT2D eigenvalue weighted by Gasteiger charge is -2.32. The van der Waals surface area contributed by atoms with Crippen molar-refractivity contribution in [3.8, 4) is 5.75 Å². The van der Waals surface area contributed by atoms with E-state index >= 15 is 0 Å². The number of hydrogen-bond acceptors (Lipinski definition) is 4. The molecule has 0 amide bonds. The van der Waals surface area contributed by atoms with Crippen molar-refractivity contribution in [3.05, 3.63) is 29.8 Å². The predicted molar refractivity (Wildman–Crippen MR) is 70.8 cm³/mol. The standard InChI is InChI=1S/C14H19NO4/c1-11-10-18-8-6-15(11)7-9-19-13-4-2-12(3-5-13)14(16)17/h2-5,11H,6-10H2,1H3,(H,16,17). The summed E-state index contributed by atoms with van der Waals surface area (Å²) in [6.07, 6.45) is 0. The van der Waals surface area contributed by atoms with Gasteiger partial charge in [0.05, 0.1) is 18.8 Å². The first-order valence-electron chi connectivity index (χ1n) is 6.45. The second kappa shape index (κ2) is 6.54. The van der Waals surface area contributed by atoms with Crippen LogP contribution in [0.2, 0.25) is 0 Å². The molecule has 1 saturated heterocycles. The molecule has 1 unspecified atom stereocenters. The maximum absolute atomic E-state index is 10.7. The largest absolute Gasteiger partial charge is 0.492 e. The topological polar surface area (TPSA) is 59.0 Å². The third-order valence-corrected chi connectivity index (χ3v) is 3.25. The smallest absolute Gasteiger partial charge is 0.335 e. The number of aromatic carboxylic acids is 1. The van der Waals surface area contributed by atoms with Crippen LogP contribution in [0.5, 0.6) is 5.75 Å². The third-order valence-electron chi connectivity index (χ3n) is 3.25. The molecule has 2 rings (SSSR count). The highest BCUT2D eigenvalue weighted by Gasteiger charge is 2.18. The molecule has 1 aliphatic rings. The van der Waals surface area contributed by atoms with Crippen LogP contribution in [0.1, 0.15) is 17.3 Å². The van der Waals surface area contributed by atoms with Gasteiger partial charge < -0.3 is 14.6 Å². The van der Waals surface area contributed by atoms with Crippen LogP contribution in [-0.4, -0.2) is 54.9 Å². The van der Waals surface area contributed by atoms with E-state index in [1.54, 1.807) is 24.3 Å². The summed E-state index contributed by atoms with van der Waals surface area (Å²) in [4.78, 5) is 13.0. The van der Waals surface area contributed by atoms with Gasteiger partial charge in [-0.1, -0.05) is 0 Å². The second-order valence-corrected chi connectivity index (χ2v) is 4.64. The summed E-state index contributed by atoms with van der Waals surface area (Å²) in [5.74, 6) is -0.223. The Labute approximate surface area is 112 Å². The van der Waals surface area contributed by atoms with Crippen molar-refractivity contribution in [2.75, 3.05) is 32.9 Å². The van der Waals surface area contributed by atoms with E-state index in [1.165, 1.54) is 0 Å². The van der Waals surface area contributed by atoms with Crippen LogP contribution in [0.3, 0.4) is 0 Å². The number of morpholine rings is 1. The molecular formula is C14H19NO4. The summed E-state index contributed by atoms with van der Waals surface area (Å²) < 4.78 is 11.0. The van der Waals surface area contributed by atoms with Crippen LogP contribution >= 0.6 is 0 Å². The molecule has 1 heterocycles. The lowest BCUT2D eigenvalue weighted by atomic mass is 10.2. The van der Waals surface area contributed by atoms with Gasteiger partial charge >= 0.3 is 5.97 Å². The van der Waals surface area contributed by atoms with E-state index in [0.717, 1.165) is 26.3 Å². The summed E-state index contributed by atoms with van der Waals surface area (Å²) in [6.45, 7) is 6.07. The Balaban J connectivity index is 1.77. The molecule has 0 saturated carbocycles. The average Bonchev–Trinajstić information content (AvgIpc) is 2.41. The van der Waals surface area contributed by atoms with Crippen LogP contribution in [0, 0.1) is 0 Å². The Bertz CT molecular complexity index is 418. The highest BCUT2D eigenvalue weighted by atomic mass is 16.5. The number of benzene rings is 1. The van der Waals surface area contributed by atoms with E-state index in [0.29, 0.717) is 18.4 Å². The number of nitrogens with zero attached hydrogens (tertiary/aromatic N) is 1. The molecule has 1 N–H and O–H groups in total. The zero-order valence-electron chi connectivity index (χ0n) is 11.0. The van der Waals surface area contributed by atoms with Crippen LogP contribution in [-0.2, 0) is 4.74 Å². The van der Waals surface area contributed by atoms with Crippen molar-refractivity contribution in [2.24, 2.45) is 0 Å². The Hall–Kier alpha value is -1.59. The Morgan fingerprint density at radius 2 is 2.21 bits per heavy atom. The molecule has 0 aliphatic carbocycles. The van der Waals surface area contributed by atoms with Crippen molar-refractivity contribution in [1.82, 2.24) is 4.90 Å². The summed E-state index contributed by atoms with van der Waals surface area (Å²) >= 11 is 0. The highest BCUT2D eigenvalue weighted by Crippen LogP contribution is 2.12. The fourth-order valence-corrected chi connectivity index (χ4v) is 2.07. The number of rotatable bonds is 5. The van der Waals surface area contributed by atoms with Crippen molar-refractivity contribution >= 4 is 5.97 Å². The van der Waals surface area contributed by atoms with E-state index < -0.39 is 5.97 Å². The van der Waals surface area contributed by atoms with Gasteiger partial charge in [-0.2, -0.15) is 0 Å². The number of carboxylic acids is 1. The lowest BCUT2D eigenvalue weighted by molar-refractivity contribution is -0.00514. The quantitative estimate of drug-likeness (QED) is 0.874. The zero-order valence-corrected chi connectivity index (χ0v) is 11.0. The van der Waals surface area contributed by atoms with E-state index in [1.807, 2.05) is 0 Å². The van der Waals surface area contributed by atoms with Crippen LogP contribution in [0.25, 0.3) is 0 Å². The Morgan fingerprint density at radius 3 is 2.84 bits per heavy atom. The molecule has 1 atom stereocenters. The second-order valence-electron chi connectivity index (χ2n) is 4.64. The van der Waals surface area contributed by atoms with Gasteiger partial charge in [-0.3, -0.25) is 4.90 Å². The first kappa shape index (κ1) is 13.8. The molecule has 0 bridgehead atoms. The molecule has 104 valence electrons. The molecule has 5 nitrogen and oxygen atoms in total. The molecule has 1 aromatic rings. The zero-order chi connectivity index (χ0) is 13.7. The third kappa shape index (κ3) is 3.94. The molecule has 5 heteroatoms. The van der Waals surface area contributed by atoms with E-state index in [2.05, 4.69) is 11.8 Å². The molecular weight excluding hydrogens is 246 g/mol. The summed E-state index contributed by atoms with van der Waals surface area (Å²) in [7, 11) is 0. The van der Waals surface area contributed by atoms with Gasteiger partial charge in [-0.25, -0.2) is 4.79 Å². The van der Waals surface area contributed by atoms with E-state index in [-0.39, 0.29) is 5.56 Å². The monoisotopic (exact) mass is 265 g/mol. The summed E-state index contributed by atoms with van der Waals surface area (Å²) in [6, 6.07) is 6.90. The SMILES string of the molecule is CC1COCCN1CCOc1ccc(C(=O)O)cc1. The number of carboxylic acid groups (broad SMARTS) is 1. The average molecular weight is 265 g/mol. The van der Waals surface area contributed by atoms with Gasteiger partial charge in [0.15, 0.2) is 0 Å². The van der Waals surface area contributed by atoms with E-state index in [4.69, 9.17) is 14.6 Å². The van der Waals surface area contributed by atoms with Gasteiger partial charge in [0.25, 0.3) is 0 Å². The fraction of sp³-hybridized carbons (Fsp3) is 0.500. The van der Waals surface area contributed by atoms with Gasteiger partial charge in [0, 0.05) is 19.1 Å². The molecule has 0 spiro atoms. The number of hydrogen-bond donors (Lipinski definition) is 1. The Kier molecular flexibility index (Phi) is 4.76. The predicted octanol–water partition coefficient (Wildman–Crippen LogP) is 1.48. The molecule has 19 heavy (non-hydrogen) atoms. The van der Waals surface area contributed by atoms with E-state index in [9.17, 15) is 4.79 Å². The molecule has 1 aliphatic heterocycles. The van der Waals surface area contributed by atoms with Gasteiger partial charge in [0.2, 0.25) is 0 Å². The molecule has 0 aromatic heterocycles. The van der Waals surface area contributed by atoms with Gasteiger partial charge in [0.1, 0.15) is 12.4 Å². The molecule has 0 radical (unpaired) electrons. The van der Waals surface area contributed by atoms with Crippen LogP contribution in [0.15, 0.2) is 24.3 Å². The minimum Gasteiger partial charge on any atom is -0.492 e. The van der Waals surface area contributed by atoms with Crippen molar-refractivity contribution in [1.29, 1.82) is 0 Å². The van der Waals surface area contributed by atoms with Crippen molar-refractivity contribution in [3.63, 3.8) is 0 Å². The molecule has 1 fully saturated rings. The van der Waals surface area contributed by atoms with Crippen molar-refractivity contribution in [2.45, 2.75) is 13.0 Å².